The number of rotatable bonds is 4. The van der Waals surface area contributed by atoms with Gasteiger partial charge in [0.15, 0.2) is 0 Å². The van der Waals surface area contributed by atoms with Crippen LogP contribution in [0.1, 0.15) is 40.5 Å². The molecule has 0 radical (unpaired) electrons. The van der Waals surface area contributed by atoms with Gasteiger partial charge in [-0.05, 0) is 37.5 Å². The summed E-state index contributed by atoms with van der Waals surface area (Å²) >= 11 is 0. The van der Waals surface area contributed by atoms with Gasteiger partial charge in [0.1, 0.15) is 5.69 Å². The van der Waals surface area contributed by atoms with E-state index < -0.39 is 0 Å². The van der Waals surface area contributed by atoms with Crippen molar-refractivity contribution >= 4 is 5.78 Å². The first-order valence-electron chi connectivity index (χ1n) is 6.14. The fraction of sp³-hybridized carbons (Fsp3) is 0.357. The molecule has 0 bridgehead atoms. The van der Waals surface area contributed by atoms with Crippen LogP contribution in [0.3, 0.4) is 0 Å². The lowest BCUT2D eigenvalue weighted by Gasteiger charge is -2.06. The van der Waals surface area contributed by atoms with Crippen LogP contribution < -0.4 is 0 Å². The zero-order valence-electron chi connectivity index (χ0n) is 11.0. The van der Waals surface area contributed by atoms with Crippen LogP contribution in [0.4, 0.5) is 0 Å². The number of aryl methyl sites for hydroxylation is 3. The molecule has 0 unspecified atom stereocenters. The number of hydrogen-bond donors (Lipinski definition) is 0. The zero-order chi connectivity index (χ0) is 13.1. The Labute approximate surface area is 107 Å². The lowest BCUT2D eigenvalue weighted by atomic mass is 10.0. The Kier molecular flexibility index (Phi) is 3.55. The quantitative estimate of drug-likeness (QED) is 0.775. The molecular formula is C14H17N3O. The van der Waals surface area contributed by atoms with E-state index in [0.29, 0.717) is 17.8 Å². The molecule has 2 rings (SSSR count). The van der Waals surface area contributed by atoms with E-state index in [1.807, 2.05) is 39.0 Å². The molecule has 0 N–H and O–H groups in total. The van der Waals surface area contributed by atoms with Gasteiger partial charge in [-0.2, -0.15) is 0 Å². The average Bonchev–Trinajstić information content (AvgIpc) is 2.80. The highest BCUT2D eigenvalue weighted by Crippen LogP contribution is 2.14. The molecule has 4 heteroatoms. The molecule has 1 aromatic carbocycles. The molecule has 1 aromatic heterocycles. The van der Waals surface area contributed by atoms with E-state index in [2.05, 4.69) is 10.3 Å². The Bertz CT molecular complexity index is 572. The van der Waals surface area contributed by atoms with Crippen molar-refractivity contribution in [1.29, 1.82) is 0 Å². The second-order valence-corrected chi connectivity index (χ2v) is 4.47. The van der Waals surface area contributed by atoms with Gasteiger partial charge in [-0.3, -0.25) is 4.79 Å². The maximum atomic E-state index is 12.4. The van der Waals surface area contributed by atoms with Gasteiger partial charge in [-0.1, -0.05) is 24.3 Å². The summed E-state index contributed by atoms with van der Waals surface area (Å²) in [6.07, 6.45) is 2.46. The normalized spacial score (nSPS) is 10.6. The molecule has 2 aromatic rings. The lowest BCUT2D eigenvalue weighted by molar-refractivity contribution is 0.102. The maximum absolute atomic E-state index is 12.4. The minimum absolute atomic E-state index is 0.0171. The molecule has 0 saturated heterocycles. The Morgan fingerprint density at radius 3 is 2.72 bits per heavy atom. The van der Waals surface area contributed by atoms with E-state index >= 15 is 0 Å². The first-order chi connectivity index (χ1) is 8.63. The van der Waals surface area contributed by atoms with Crippen LogP contribution in [0.15, 0.2) is 24.4 Å². The van der Waals surface area contributed by atoms with Gasteiger partial charge in [0.25, 0.3) is 0 Å². The predicted molar refractivity (Wildman–Crippen MR) is 69.7 cm³/mol. The van der Waals surface area contributed by atoms with E-state index in [4.69, 9.17) is 0 Å². The summed E-state index contributed by atoms with van der Waals surface area (Å²) in [5.74, 6) is -0.0171. The average molecular weight is 243 g/mol. The molecule has 94 valence electrons. The molecule has 1 heterocycles. The molecule has 0 aliphatic carbocycles. The molecule has 0 atom stereocenters. The highest BCUT2D eigenvalue weighted by Gasteiger charge is 2.15. The Morgan fingerprint density at radius 2 is 2.06 bits per heavy atom. The van der Waals surface area contributed by atoms with Gasteiger partial charge < -0.3 is 0 Å². The predicted octanol–water partition coefficient (Wildman–Crippen LogP) is 2.54. The molecule has 0 amide bonds. The first kappa shape index (κ1) is 12.5. The van der Waals surface area contributed by atoms with Crippen molar-refractivity contribution in [2.75, 3.05) is 0 Å². The van der Waals surface area contributed by atoms with Gasteiger partial charge in [-0.25, -0.2) is 4.68 Å². The van der Waals surface area contributed by atoms with Crippen LogP contribution in [0.5, 0.6) is 0 Å². The Morgan fingerprint density at radius 1 is 1.28 bits per heavy atom. The standard InChI is InChI=1S/C14H17N3O/c1-4-7-17-13(9-15-16-17)14(18)12-6-5-10(2)11(3)8-12/h5-6,8-9H,4,7H2,1-3H3. The third-order valence-electron chi connectivity index (χ3n) is 3.05. The van der Waals surface area contributed by atoms with Crippen molar-refractivity contribution in [1.82, 2.24) is 15.0 Å². The van der Waals surface area contributed by atoms with E-state index in [1.54, 1.807) is 4.68 Å². The van der Waals surface area contributed by atoms with Gasteiger partial charge in [0.05, 0.1) is 6.20 Å². The summed E-state index contributed by atoms with van der Waals surface area (Å²) in [6.45, 7) is 6.80. The van der Waals surface area contributed by atoms with E-state index in [0.717, 1.165) is 12.0 Å². The number of ketones is 1. The number of carbonyl (C=O) groups excluding carboxylic acids is 1. The molecule has 0 spiro atoms. The minimum Gasteiger partial charge on any atom is -0.287 e. The van der Waals surface area contributed by atoms with Gasteiger partial charge >= 0.3 is 0 Å². The maximum Gasteiger partial charge on any atom is 0.212 e. The molecule has 0 saturated carbocycles. The number of benzene rings is 1. The highest BCUT2D eigenvalue weighted by atomic mass is 16.1. The van der Waals surface area contributed by atoms with Crippen LogP contribution in [0.25, 0.3) is 0 Å². The molecular weight excluding hydrogens is 226 g/mol. The van der Waals surface area contributed by atoms with E-state index in [9.17, 15) is 4.79 Å². The Balaban J connectivity index is 2.35. The first-order valence-corrected chi connectivity index (χ1v) is 6.14. The fourth-order valence-electron chi connectivity index (χ4n) is 1.84. The SMILES string of the molecule is CCCn1nncc1C(=O)c1ccc(C)c(C)c1. The summed E-state index contributed by atoms with van der Waals surface area (Å²) in [4.78, 5) is 12.4. The van der Waals surface area contributed by atoms with E-state index in [1.165, 1.54) is 11.8 Å². The summed E-state index contributed by atoms with van der Waals surface area (Å²) in [5, 5.41) is 7.76. The highest BCUT2D eigenvalue weighted by molar-refractivity contribution is 6.07. The van der Waals surface area contributed by atoms with Crippen LogP contribution in [0, 0.1) is 13.8 Å². The van der Waals surface area contributed by atoms with Crippen molar-refractivity contribution in [2.24, 2.45) is 0 Å². The van der Waals surface area contributed by atoms with E-state index in [-0.39, 0.29) is 5.78 Å². The minimum atomic E-state index is -0.0171. The largest absolute Gasteiger partial charge is 0.287 e. The topological polar surface area (TPSA) is 47.8 Å². The van der Waals surface area contributed by atoms with Gasteiger partial charge in [-0.15, -0.1) is 5.10 Å². The summed E-state index contributed by atoms with van der Waals surface area (Å²) < 4.78 is 1.66. The second-order valence-electron chi connectivity index (χ2n) is 4.47. The smallest absolute Gasteiger partial charge is 0.212 e. The number of hydrogen-bond acceptors (Lipinski definition) is 3. The summed E-state index contributed by atoms with van der Waals surface area (Å²) in [6, 6.07) is 5.74. The van der Waals surface area contributed by atoms with Crippen LogP contribution in [0.2, 0.25) is 0 Å². The second kappa shape index (κ2) is 5.12. The molecule has 4 nitrogen and oxygen atoms in total. The number of nitrogens with zero attached hydrogens (tertiary/aromatic N) is 3. The van der Waals surface area contributed by atoms with Crippen molar-refractivity contribution < 1.29 is 4.79 Å². The van der Waals surface area contributed by atoms with Crippen molar-refractivity contribution in [3.63, 3.8) is 0 Å². The van der Waals surface area contributed by atoms with Crippen molar-refractivity contribution in [2.45, 2.75) is 33.7 Å². The fourth-order valence-corrected chi connectivity index (χ4v) is 1.84. The molecule has 18 heavy (non-hydrogen) atoms. The van der Waals surface area contributed by atoms with Crippen LogP contribution >= 0.6 is 0 Å². The van der Waals surface area contributed by atoms with Crippen LogP contribution in [-0.4, -0.2) is 20.8 Å². The number of aromatic nitrogens is 3. The molecule has 0 aliphatic heterocycles. The van der Waals surface area contributed by atoms with Crippen molar-refractivity contribution in [3.05, 3.63) is 46.8 Å². The third-order valence-corrected chi connectivity index (χ3v) is 3.05. The monoisotopic (exact) mass is 243 g/mol. The molecule has 0 fully saturated rings. The molecule has 0 aliphatic rings. The Hall–Kier alpha value is -1.97. The zero-order valence-corrected chi connectivity index (χ0v) is 11.0. The van der Waals surface area contributed by atoms with Gasteiger partial charge in [0, 0.05) is 12.1 Å². The lowest BCUT2D eigenvalue weighted by Crippen LogP contribution is -2.11. The van der Waals surface area contributed by atoms with Crippen LogP contribution in [-0.2, 0) is 6.54 Å². The van der Waals surface area contributed by atoms with Crippen molar-refractivity contribution in [3.8, 4) is 0 Å². The summed E-state index contributed by atoms with van der Waals surface area (Å²) in [7, 11) is 0. The summed E-state index contributed by atoms with van der Waals surface area (Å²) in [5.41, 5.74) is 3.56. The third kappa shape index (κ3) is 2.32. The number of carbonyl (C=O) groups is 1. The van der Waals surface area contributed by atoms with Gasteiger partial charge in [0.2, 0.25) is 5.78 Å².